The van der Waals surface area contributed by atoms with E-state index < -0.39 is 5.97 Å². The topological polar surface area (TPSA) is 99.0 Å². The molecule has 2 heterocycles. The standard InChI is InChI=1S/C16H23N5O3S2/c1-5-8-21-11(6-2)19-20-16(21)25-9-12(22)18-15-17-10(4)13(26-15)14(23)24-7-3/h5-9H2,1-4H3,(H,17,18,22). The second-order valence-corrected chi connectivity index (χ2v) is 7.34. The average Bonchev–Trinajstić information content (AvgIpc) is 3.16. The van der Waals surface area contributed by atoms with E-state index in [-0.39, 0.29) is 11.7 Å². The monoisotopic (exact) mass is 397 g/mol. The SMILES string of the molecule is CCCn1c(CC)nnc1SCC(=O)Nc1nc(C)c(C(=O)OCC)s1. The predicted molar refractivity (Wildman–Crippen MR) is 102 cm³/mol. The van der Waals surface area contributed by atoms with Crippen LogP contribution >= 0.6 is 23.1 Å². The highest BCUT2D eigenvalue weighted by atomic mass is 32.2. The summed E-state index contributed by atoms with van der Waals surface area (Å²) in [5.41, 5.74) is 0.548. The summed E-state index contributed by atoms with van der Waals surface area (Å²) in [6, 6.07) is 0. The Hall–Kier alpha value is -1.94. The summed E-state index contributed by atoms with van der Waals surface area (Å²) in [5.74, 6) is 0.489. The third-order valence-electron chi connectivity index (χ3n) is 3.39. The van der Waals surface area contributed by atoms with E-state index in [9.17, 15) is 9.59 Å². The van der Waals surface area contributed by atoms with Crippen LogP contribution in [0.1, 0.15) is 48.4 Å². The Balaban J connectivity index is 1.96. The van der Waals surface area contributed by atoms with Gasteiger partial charge in [-0.05, 0) is 20.3 Å². The number of nitrogens with zero attached hydrogens (tertiary/aromatic N) is 4. The van der Waals surface area contributed by atoms with Gasteiger partial charge in [-0.2, -0.15) is 0 Å². The number of hydrogen-bond donors (Lipinski definition) is 1. The molecule has 142 valence electrons. The molecule has 0 atom stereocenters. The van der Waals surface area contributed by atoms with Gasteiger partial charge in [-0.3, -0.25) is 4.79 Å². The van der Waals surface area contributed by atoms with Crippen LogP contribution in [-0.2, 0) is 22.5 Å². The fraction of sp³-hybridized carbons (Fsp3) is 0.562. The number of anilines is 1. The number of aryl methyl sites for hydroxylation is 2. The summed E-state index contributed by atoms with van der Waals surface area (Å²) < 4.78 is 7.02. The lowest BCUT2D eigenvalue weighted by atomic mass is 10.4. The number of hydrogen-bond acceptors (Lipinski definition) is 8. The molecule has 0 aliphatic carbocycles. The Morgan fingerprint density at radius 1 is 1.27 bits per heavy atom. The highest BCUT2D eigenvalue weighted by Crippen LogP contribution is 2.24. The lowest BCUT2D eigenvalue weighted by molar-refractivity contribution is -0.113. The molecule has 2 aromatic rings. The molecule has 0 fully saturated rings. The first-order chi connectivity index (χ1) is 12.5. The van der Waals surface area contributed by atoms with Crippen LogP contribution in [0.3, 0.4) is 0 Å². The molecular formula is C16H23N5O3S2. The van der Waals surface area contributed by atoms with Gasteiger partial charge in [0.05, 0.1) is 18.1 Å². The summed E-state index contributed by atoms with van der Waals surface area (Å²) in [6.45, 7) is 8.71. The van der Waals surface area contributed by atoms with Gasteiger partial charge in [0.1, 0.15) is 10.7 Å². The number of carbonyl (C=O) groups is 2. The summed E-state index contributed by atoms with van der Waals surface area (Å²) in [4.78, 5) is 28.7. The van der Waals surface area contributed by atoms with Crippen molar-refractivity contribution in [1.82, 2.24) is 19.7 Å². The zero-order valence-electron chi connectivity index (χ0n) is 15.4. The summed E-state index contributed by atoms with van der Waals surface area (Å²) >= 11 is 2.46. The number of carbonyl (C=O) groups excluding carboxylic acids is 2. The largest absolute Gasteiger partial charge is 0.462 e. The molecule has 8 nitrogen and oxygen atoms in total. The quantitative estimate of drug-likeness (QED) is 0.513. The predicted octanol–water partition coefficient (Wildman–Crippen LogP) is 2.92. The molecule has 0 aliphatic heterocycles. The number of aromatic nitrogens is 4. The normalized spacial score (nSPS) is 10.8. The number of rotatable bonds is 9. The highest BCUT2D eigenvalue weighted by molar-refractivity contribution is 7.99. The third-order valence-corrected chi connectivity index (χ3v) is 5.41. The zero-order valence-corrected chi connectivity index (χ0v) is 17.0. The van der Waals surface area contributed by atoms with Crippen LogP contribution in [0.5, 0.6) is 0 Å². The Morgan fingerprint density at radius 3 is 2.69 bits per heavy atom. The van der Waals surface area contributed by atoms with Crippen molar-refractivity contribution in [2.75, 3.05) is 17.7 Å². The van der Waals surface area contributed by atoms with Crippen molar-refractivity contribution in [2.45, 2.75) is 52.2 Å². The zero-order chi connectivity index (χ0) is 19.1. The van der Waals surface area contributed by atoms with Crippen molar-refractivity contribution in [1.29, 1.82) is 0 Å². The van der Waals surface area contributed by atoms with E-state index in [1.807, 2.05) is 11.5 Å². The van der Waals surface area contributed by atoms with Gasteiger partial charge in [0.15, 0.2) is 10.3 Å². The number of ether oxygens (including phenoxy) is 1. The fourth-order valence-corrected chi connectivity index (χ4v) is 3.92. The van der Waals surface area contributed by atoms with Crippen molar-refractivity contribution in [3.05, 3.63) is 16.4 Å². The molecule has 0 saturated carbocycles. The molecular weight excluding hydrogens is 374 g/mol. The Labute approximate surface area is 160 Å². The van der Waals surface area contributed by atoms with E-state index in [1.165, 1.54) is 11.8 Å². The van der Waals surface area contributed by atoms with Crippen LogP contribution in [0.2, 0.25) is 0 Å². The minimum atomic E-state index is -0.419. The molecule has 26 heavy (non-hydrogen) atoms. The molecule has 0 aromatic carbocycles. The fourth-order valence-electron chi connectivity index (χ4n) is 2.26. The Bertz CT molecular complexity index is 772. The second-order valence-electron chi connectivity index (χ2n) is 5.39. The molecule has 1 amide bonds. The number of thiazole rings is 1. The number of amides is 1. The molecule has 0 aliphatic rings. The molecule has 0 spiro atoms. The lowest BCUT2D eigenvalue weighted by Crippen LogP contribution is -2.14. The van der Waals surface area contributed by atoms with Gasteiger partial charge in [0.25, 0.3) is 0 Å². The van der Waals surface area contributed by atoms with Crippen molar-refractivity contribution < 1.29 is 14.3 Å². The summed E-state index contributed by atoms with van der Waals surface area (Å²) in [5, 5.41) is 12.2. The Kier molecular flexibility index (Phi) is 7.58. The average molecular weight is 398 g/mol. The molecule has 10 heteroatoms. The molecule has 0 radical (unpaired) electrons. The molecule has 2 aromatic heterocycles. The van der Waals surface area contributed by atoms with Gasteiger partial charge >= 0.3 is 5.97 Å². The first kappa shape index (κ1) is 20.4. The van der Waals surface area contributed by atoms with Crippen molar-refractivity contribution in [2.24, 2.45) is 0 Å². The molecule has 2 rings (SSSR count). The van der Waals surface area contributed by atoms with Gasteiger partial charge < -0.3 is 14.6 Å². The highest BCUT2D eigenvalue weighted by Gasteiger charge is 2.18. The van der Waals surface area contributed by atoms with Crippen molar-refractivity contribution in [3.8, 4) is 0 Å². The van der Waals surface area contributed by atoms with E-state index in [0.29, 0.717) is 22.3 Å². The van der Waals surface area contributed by atoms with E-state index >= 15 is 0 Å². The van der Waals surface area contributed by atoms with Gasteiger partial charge in [-0.1, -0.05) is 36.9 Å². The minimum absolute atomic E-state index is 0.193. The van der Waals surface area contributed by atoms with Crippen LogP contribution in [0.25, 0.3) is 0 Å². The molecule has 0 saturated heterocycles. The maximum Gasteiger partial charge on any atom is 0.350 e. The smallest absolute Gasteiger partial charge is 0.350 e. The maximum absolute atomic E-state index is 12.2. The van der Waals surface area contributed by atoms with Gasteiger partial charge in [-0.15, -0.1) is 10.2 Å². The van der Waals surface area contributed by atoms with Gasteiger partial charge in [-0.25, -0.2) is 9.78 Å². The first-order valence-corrected chi connectivity index (χ1v) is 10.3. The maximum atomic E-state index is 12.2. The van der Waals surface area contributed by atoms with E-state index in [4.69, 9.17) is 4.74 Å². The molecule has 0 unspecified atom stereocenters. The lowest BCUT2D eigenvalue weighted by Gasteiger charge is -2.07. The number of thioether (sulfide) groups is 1. The van der Waals surface area contributed by atoms with E-state index in [2.05, 4.69) is 27.4 Å². The van der Waals surface area contributed by atoms with Crippen LogP contribution in [0.15, 0.2) is 5.16 Å². The van der Waals surface area contributed by atoms with Crippen molar-refractivity contribution >= 4 is 40.1 Å². The minimum Gasteiger partial charge on any atom is -0.462 e. The first-order valence-electron chi connectivity index (χ1n) is 8.49. The van der Waals surface area contributed by atoms with Crippen molar-refractivity contribution in [3.63, 3.8) is 0 Å². The van der Waals surface area contributed by atoms with Gasteiger partial charge in [0.2, 0.25) is 5.91 Å². The number of nitrogens with one attached hydrogen (secondary N) is 1. The van der Waals surface area contributed by atoms with E-state index in [0.717, 1.165) is 41.7 Å². The Morgan fingerprint density at radius 2 is 2.04 bits per heavy atom. The third kappa shape index (κ3) is 5.04. The summed E-state index contributed by atoms with van der Waals surface area (Å²) in [7, 11) is 0. The van der Waals surface area contributed by atoms with E-state index in [1.54, 1.807) is 13.8 Å². The van der Waals surface area contributed by atoms with Gasteiger partial charge in [0, 0.05) is 13.0 Å². The molecule has 1 N–H and O–H groups in total. The summed E-state index contributed by atoms with van der Waals surface area (Å²) in [6.07, 6.45) is 1.77. The number of esters is 1. The molecule has 0 bridgehead atoms. The van der Waals surface area contributed by atoms with Crippen LogP contribution in [-0.4, -0.2) is 44.0 Å². The second kappa shape index (κ2) is 9.67. The van der Waals surface area contributed by atoms with Crippen LogP contribution < -0.4 is 5.32 Å². The van der Waals surface area contributed by atoms with Crippen LogP contribution in [0.4, 0.5) is 5.13 Å². The van der Waals surface area contributed by atoms with Crippen LogP contribution in [0, 0.1) is 6.92 Å².